The number of amides is 1. The van der Waals surface area contributed by atoms with E-state index in [2.05, 4.69) is 5.16 Å². The number of rotatable bonds is 1. The SMILES string of the molecule is CC(C)(C)OC(=O)N1CCCC1/C(Cl)=N/O. The molecule has 1 fully saturated rings. The van der Waals surface area contributed by atoms with Crippen molar-refractivity contribution in [3.63, 3.8) is 0 Å². The van der Waals surface area contributed by atoms with Crippen LogP contribution in [0.25, 0.3) is 0 Å². The number of ether oxygens (including phenoxy) is 1. The van der Waals surface area contributed by atoms with Gasteiger partial charge in [0.1, 0.15) is 5.60 Å². The molecular weight excluding hydrogens is 232 g/mol. The van der Waals surface area contributed by atoms with E-state index >= 15 is 0 Å². The van der Waals surface area contributed by atoms with Crippen molar-refractivity contribution >= 4 is 22.9 Å². The standard InChI is InChI=1S/C10H17ClN2O3/c1-10(2,3)16-9(14)13-6-4-5-7(13)8(11)12-15/h7,15H,4-6H2,1-3H3/b12-8-. The normalized spacial score (nSPS) is 22.4. The average molecular weight is 249 g/mol. The summed E-state index contributed by atoms with van der Waals surface area (Å²) in [5.41, 5.74) is -0.535. The number of likely N-dealkylation sites (tertiary alicyclic amines) is 1. The van der Waals surface area contributed by atoms with Crippen LogP contribution in [0.2, 0.25) is 0 Å². The minimum atomic E-state index is -0.535. The fraction of sp³-hybridized carbons (Fsp3) is 0.800. The van der Waals surface area contributed by atoms with Crippen molar-refractivity contribution in [2.24, 2.45) is 5.16 Å². The maximum atomic E-state index is 11.8. The fourth-order valence-electron chi connectivity index (χ4n) is 1.62. The molecule has 0 aliphatic carbocycles. The summed E-state index contributed by atoms with van der Waals surface area (Å²) in [5, 5.41) is 11.6. The Balaban J connectivity index is 2.69. The van der Waals surface area contributed by atoms with E-state index in [1.807, 2.05) is 0 Å². The molecule has 0 aromatic carbocycles. The minimum Gasteiger partial charge on any atom is -0.444 e. The number of hydrogen-bond donors (Lipinski definition) is 1. The zero-order valence-corrected chi connectivity index (χ0v) is 10.5. The van der Waals surface area contributed by atoms with Gasteiger partial charge < -0.3 is 9.94 Å². The number of hydrogen-bond acceptors (Lipinski definition) is 4. The summed E-state index contributed by atoms with van der Waals surface area (Å²) in [6.07, 6.45) is 1.11. The van der Waals surface area contributed by atoms with Gasteiger partial charge in [-0.1, -0.05) is 16.8 Å². The molecule has 1 saturated heterocycles. The van der Waals surface area contributed by atoms with Gasteiger partial charge >= 0.3 is 6.09 Å². The largest absolute Gasteiger partial charge is 0.444 e. The first-order valence-electron chi connectivity index (χ1n) is 5.22. The molecule has 1 atom stereocenters. The highest BCUT2D eigenvalue weighted by molar-refractivity contribution is 6.66. The van der Waals surface area contributed by atoms with Crippen LogP contribution in [0.3, 0.4) is 0 Å². The first kappa shape index (κ1) is 13.1. The average Bonchev–Trinajstić information content (AvgIpc) is 2.62. The monoisotopic (exact) mass is 248 g/mol. The van der Waals surface area contributed by atoms with Crippen molar-refractivity contribution < 1.29 is 14.7 Å². The van der Waals surface area contributed by atoms with Crippen molar-refractivity contribution in [2.75, 3.05) is 6.54 Å². The predicted octanol–water partition coefficient (Wildman–Crippen LogP) is 2.41. The first-order valence-corrected chi connectivity index (χ1v) is 5.60. The van der Waals surface area contributed by atoms with Gasteiger partial charge in [-0.3, -0.25) is 4.90 Å². The summed E-state index contributed by atoms with van der Waals surface area (Å²) in [4.78, 5) is 13.3. The van der Waals surface area contributed by atoms with Gasteiger partial charge in [-0.2, -0.15) is 0 Å². The second kappa shape index (κ2) is 4.91. The first-order chi connectivity index (χ1) is 7.35. The van der Waals surface area contributed by atoms with Crippen molar-refractivity contribution in [1.29, 1.82) is 0 Å². The summed E-state index contributed by atoms with van der Waals surface area (Å²) in [5.74, 6) is 0. The molecule has 1 aliphatic heterocycles. The Labute approximate surface area is 100.0 Å². The van der Waals surface area contributed by atoms with Crippen LogP contribution in [0.5, 0.6) is 0 Å². The van der Waals surface area contributed by atoms with Crippen molar-refractivity contribution in [3.8, 4) is 0 Å². The summed E-state index contributed by atoms with van der Waals surface area (Å²) < 4.78 is 5.24. The van der Waals surface area contributed by atoms with E-state index in [1.54, 1.807) is 20.8 Å². The van der Waals surface area contributed by atoms with Crippen LogP contribution in [-0.2, 0) is 4.74 Å². The summed E-state index contributed by atoms with van der Waals surface area (Å²) in [6, 6.07) is -0.360. The molecule has 1 N–H and O–H groups in total. The third kappa shape index (κ3) is 3.27. The molecule has 0 aromatic rings. The smallest absolute Gasteiger partial charge is 0.410 e. The molecule has 1 rings (SSSR count). The molecule has 0 saturated carbocycles. The van der Waals surface area contributed by atoms with Gasteiger partial charge in [-0.15, -0.1) is 0 Å². The van der Waals surface area contributed by atoms with Gasteiger partial charge in [0, 0.05) is 6.54 Å². The lowest BCUT2D eigenvalue weighted by Crippen LogP contribution is -2.42. The van der Waals surface area contributed by atoms with Crippen LogP contribution < -0.4 is 0 Å². The van der Waals surface area contributed by atoms with E-state index in [0.29, 0.717) is 13.0 Å². The van der Waals surface area contributed by atoms with Gasteiger partial charge in [0.15, 0.2) is 5.17 Å². The van der Waals surface area contributed by atoms with Crippen molar-refractivity contribution in [2.45, 2.75) is 45.3 Å². The topological polar surface area (TPSA) is 62.1 Å². The maximum Gasteiger partial charge on any atom is 0.410 e. The Kier molecular flexibility index (Phi) is 4.02. The van der Waals surface area contributed by atoms with Crippen molar-refractivity contribution in [3.05, 3.63) is 0 Å². The third-order valence-electron chi connectivity index (χ3n) is 2.25. The number of oxime groups is 1. The lowest BCUT2D eigenvalue weighted by Gasteiger charge is -2.27. The Morgan fingerprint density at radius 3 is 2.69 bits per heavy atom. The molecule has 1 amide bonds. The van der Waals surface area contributed by atoms with Crippen LogP contribution in [0.15, 0.2) is 5.16 Å². The summed E-state index contributed by atoms with van der Waals surface area (Å²) in [7, 11) is 0. The van der Waals surface area contributed by atoms with E-state index in [-0.39, 0.29) is 11.2 Å². The molecule has 0 aromatic heterocycles. The molecule has 0 bridgehead atoms. The van der Waals surface area contributed by atoms with Gasteiger partial charge in [-0.05, 0) is 33.6 Å². The lowest BCUT2D eigenvalue weighted by molar-refractivity contribution is 0.0266. The molecule has 16 heavy (non-hydrogen) atoms. The quantitative estimate of drug-likeness (QED) is 0.440. The molecule has 6 heteroatoms. The highest BCUT2D eigenvalue weighted by Gasteiger charge is 2.34. The third-order valence-corrected chi connectivity index (χ3v) is 2.58. The molecule has 5 nitrogen and oxygen atoms in total. The van der Waals surface area contributed by atoms with E-state index in [1.165, 1.54) is 4.90 Å². The van der Waals surface area contributed by atoms with Crippen LogP contribution in [-0.4, -0.2) is 39.6 Å². The van der Waals surface area contributed by atoms with Crippen molar-refractivity contribution in [1.82, 2.24) is 4.90 Å². The number of halogens is 1. The van der Waals surface area contributed by atoms with Gasteiger partial charge in [0.25, 0.3) is 0 Å². The Bertz CT molecular complexity index is 299. The molecule has 1 unspecified atom stereocenters. The highest BCUT2D eigenvalue weighted by Crippen LogP contribution is 2.22. The van der Waals surface area contributed by atoms with Crippen LogP contribution in [0.4, 0.5) is 4.79 Å². The molecular formula is C10H17ClN2O3. The number of carbonyl (C=O) groups is 1. The predicted molar refractivity (Wildman–Crippen MR) is 61.0 cm³/mol. The second-order valence-electron chi connectivity index (χ2n) is 4.75. The maximum absolute atomic E-state index is 11.8. The molecule has 1 aliphatic rings. The zero-order valence-electron chi connectivity index (χ0n) is 9.73. The number of carbonyl (C=O) groups excluding carboxylic acids is 1. The van der Waals surface area contributed by atoms with E-state index < -0.39 is 11.7 Å². The Hall–Kier alpha value is -0.970. The van der Waals surface area contributed by atoms with E-state index in [0.717, 1.165) is 6.42 Å². The minimum absolute atomic E-state index is 0.0309. The Morgan fingerprint density at radius 1 is 1.56 bits per heavy atom. The van der Waals surface area contributed by atoms with Crippen LogP contribution in [0.1, 0.15) is 33.6 Å². The van der Waals surface area contributed by atoms with Gasteiger partial charge in [0.2, 0.25) is 0 Å². The van der Waals surface area contributed by atoms with Crippen LogP contribution in [0, 0.1) is 0 Å². The van der Waals surface area contributed by atoms with E-state index in [4.69, 9.17) is 21.5 Å². The summed E-state index contributed by atoms with van der Waals surface area (Å²) in [6.45, 7) is 5.98. The lowest BCUT2D eigenvalue weighted by atomic mass is 10.2. The van der Waals surface area contributed by atoms with E-state index in [9.17, 15) is 4.79 Å². The van der Waals surface area contributed by atoms with Gasteiger partial charge in [-0.25, -0.2) is 4.79 Å². The van der Waals surface area contributed by atoms with Gasteiger partial charge in [0.05, 0.1) is 6.04 Å². The highest BCUT2D eigenvalue weighted by atomic mass is 35.5. The molecule has 0 spiro atoms. The number of nitrogens with zero attached hydrogens (tertiary/aromatic N) is 2. The molecule has 1 heterocycles. The summed E-state index contributed by atoms with van der Waals surface area (Å²) >= 11 is 5.73. The second-order valence-corrected chi connectivity index (χ2v) is 5.14. The van der Waals surface area contributed by atoms with Crippen LogP contribution >= 0.6 is 11.6 Å². The fourth-order valence-corrected chi connectivity index (χ4v) is 1.85. The Morgan fingerprint density at radius 2 is 2.19 bits per heavy atom. The molecule has 0 radical (unpaired) electrons. The zero-order chi connectivity index (χ0) is 12.3. The molecule has 92 valence electrons.